The minimum Gasteiger partial charge on any atom is -0.337 e. The number of carbonyl (C=O) groups is 1. The molecule has 2 aliphatic heterocycles. The van der Waals surface area contributed by atoms with Crippen LogP contribution in [-0.2, 0) is 0 Å². The van der Waals surface area contributed by atoms with Crippen molar-refractivity contribution in [1.29, 1.82) is 0 Å². The molecule has 104 valence electrons. The van der Waals surface area contributed by atoms with Gasteiger partial charge in [-0.15, -0.1) is 0 Å². The molecular weight excluding hydrogens is 238 g/mol. The molecule has 0 bridgehead atoms. The van der Waals surface area contributed by atoms with Gasteiger partial charge in [0.25, 0.3) is 5.91 Å². The smallest absolute Gasteiger partial charge is 0.270 e. The van der Waals surface area contributed by atoms with E-state index in [-0.39, 0.29) is 5.91 Å². The number of aromatic nitrogens is 1. The van der Waals surface area contributed by atoms with Crippen LogP contribution in [0.1, 0.15) is 36.8 Å². The standard InChI is InChI=1S/C15H23N3O/c1-11(2)6-8-17-9-13-14(10-17)18-7-4-5-12(18)15(19)16(13)3/h4-5,7,11,13-14H,6,8-10H2,1-3H3/t13-,14-/m0/s1. The molecule has 1 fully saturated rings. The summed E-state index contributed by atoms with van der Waals surface area (Å²) in [5.74, 6) is 0.904. The van der Waals surface area contributed by atoms with E-state index >= 15 is 0 Å². The molecule has 0 aliphatic carbocycles. The largest absolute Gasteiger partial charge is 0.337 e. The van der Waals surface area contributed by atoms with Gasteiger partial charge >= 0.3 is 0 Å². The quantitative estimate of drug-likeness (QED) is 0.830. The molecule has 1 aromatic rings. The predicted octanol–water partition coefficient (Wildman–Crippen LogP) is 1.85. The van der Waals surface area contributed by atoms with E-state index in [1.165, 1.54) is 6.42 Å². The summed E-state index contributed by atoms with van der Waals surface area (Å²) < 4.78 is 2.18. The maximum Gasteiger partial charge on any atom is 0.270 e. The molecule has 2 aliphatic rings. The van der Waals surface area contributed by atoms with Gasteiger partial charge in [-0.3, -0.25) is 9.69 Å². The van der Waals surface area contributed by atoms with Gasteiger partial charge in [0.15, 0.2) is 0 Å². The fourth-order valence-corrected chi connectivity index (χ4v) is 3.32. The second kappa shape index (κ2) is 4.67. The van der Waals surface area contributed by atoms with Crippen LogP contribution in [0.4, 0.5) is 0 Å². The molecule has 19 heavy (non-hydrogen) atoms. The van der Waals surface area contributed by atoms with Crippen LogP contribution < -0.4 is 0 Å². The van der Waals surface area contributed by atoms with Gasteiger partial charge in [0, 0.05) is 26.3 Å². The van der Waals surface area contributed by atoms with Crippen LogP contribution in [0.3, 0.4) is 0 Å². The molecule has 4 nitrogen and oxygen atoms in total. The molecule has 0 unspecified atom stereocenters. The fourth-order valence-electron chi connectivity index (χ4n) is 3.32. The van der Waals surface area contributed by atoms with E-state index in [2.05, 4.69) is 29.5 Å². The van der Waals surface area contributed by atoms with Crippen molar-refractivity contribution in [3.05, 3.63) is 24.0 Å². The summed E-state index contributed by atoms with van der Waals surface area (Å²) in [6, 6.07) is 4.69. The average Bonchev–Trinajstić information content (AvgIpc) is 2.99. The van der Waals surface area contributed by atoms with E-state index in [9.17, 15) is 4.79 Å². The zero-order chi connectivity index (χ0) is 13.6. The molecule has 0 radical (unpaired) electrons. The first kappa shape index (κ1) is 12.7. The zero-order valence-electron chi connectivity index (χ0n) is 12.0. The molecule has 1 amide bonds. The number of hydrogen-bond acceptors (Lipinski definition) is 2. The Morgan fingerprint density at radius 2 is 2.05 bits per heavy atom. The predicted molar refractivity (Wildman–Crippen MR) is 75.2 cm³/mol. The highest BCUT2D eigenvalue weighted by Gasteiger charge is 2.43. The van der Waals surface area contributed by atoms with E-state index < -0.39 is 0 Å². The monoisotopic (exact) mass is 261 g/mol. The van der Waals surface area contributed by atoms with Gasteiger partial charge in [0.2, 0.25) is 0 Å². The van der Waals surface area contributed by atoms with Crippen molar-refractivity contribution >= 4 is 5.91 Å². The van der Waals surface area contributed by atoms with Crippen molar-refractivity contribution in [2.75, 3.05) is 26.7 Å². The highest BCUT2D eigenvalue weighted by atomic mass is 16.2. The van der Waals surface area contributed by atoms with Crippen molar-refractivity contribution in [1.82, 2.24) is 14.4 Å². The number of carbonyl (C=O) groups excluding carboxylic acids is 1. The molecule has 0 saturated carbocycles. The summed E-state index contributed by atoms with van der Waals surface area (Å²) in [4.78, 5) is 16.7. The number of likely N-dealkylation sites (N-methyl/N-ethyl adjacent to an activating group) is 1. The molecule has 3 heterocycles. The van der Waals surface area contributed by atoms with Crippen molar-refractivity contribution < 1.29 is 4.79 Å². The summed E-state index contributed by atoms with van der Waals surface area (Å²) in [6.45, 7) is 7.75. The lowest BCUT2D eigenvalue weighted by atomic mass is 10.1. The van der Waals surface area contributed by atoms with Crippen molar-refractivity contribution in [2.24, 2.45) is 5.92 Å². The number of rotatable bonds is 3. The molecule has 2 atom stereocenters. The SMILES string of the molecule is CC(C)CCN1C[C@H]2[C@H](C1)n1cccc1C(=O)N2C. The Morgan fingerprint density at radius 3 is 2.79 bits per heavy atom. The van der Waals surface area contributed by atoms with Gasteiger partial charge < -0.3 is 9.47 Å². The number of hydrogen-bond donors (Lipinski definition) is 0. The van der Waals surface area contributed by atoms with E-state index in [4.69, 9.17) is 0 Å². The first-order chi connectivity index (χ1) is 9.08. The highest BCUT2D eigenvalue weighted by Crippen LogP contribution is 2.32. The average molecular weight is 261 g/mol. The van der Waals surface area contributed by atoms with Crippen molar-refractivity contribution in [2.45, 2.75) is 32.4 Å². The van der Waals surface area contributed by atoms with Gasteiger partial charge in [0.05, 0.1) is 12.1 Å². The summed E-state index contributed by atoms with van der Waals surface area (Å²) in [7, 11) is 1.95. The third-order valence-corrected chi connectivity index (χ3v) is 4.53. The molecule has 0 spiro atoms. The minimum atomic E-state index is 0.164. The van der Waals surface area contributed by atoms with Gasteiger partial charge in [-0.1, -0.05) is 13.8 Å². The van der Waals surface area contributed by atoms with Crippen LogP contribution in [0, 0.1) is 5.92 Å². The molecule has 0 N–H and O–H groups in total. The van der Waals surface area contributed by atoms with E-state index in [1.54, 1.807) is 0 Å². The van der Waals surface area contributed by atoms with Gasteiger partial charge in [-0.25, -0.2) is 0 Å². The maximum atomic E-state index is 12.3. The minimum absolute atomic E-state index is 0.164. The second-order valence-corrected chi connectivity index (χ2v) is 6.29. The van der Waals surface area contributed by atoms with Crippen molar-refractivity contribution in [3.8, 4) is 0 Å². The Kier molecular flexibility index (Phi) is 3.13. The number of nitrogens with zero attached hydrogens (tertiary/aromatic N) is 3. The van der Waals surface area contributed by atoms with Crippen LogP contribution in [0.25, 0.3) is 0 Å². The summed E-state index contributed by atoms with van der Waals surface area (Å²) in [5.41, 5.74) is 0.842. The number of amides is 1. The maximum absolute atomic E-state index is 12.3. The first-order valence-electron chi connectivity index (χ1n) is 7.24. The van der Waals surface area contributed by atoms with E-state index in [1.807, 2.05) is 24.1 Å². The molecule has 4 heteroatoms. The Morgan fingerprint density at radius 1 is 1.32 bits per heavy atom. The lowest BCUT2D eigenvalue weighted by molar-refractivity contribution is 0.0643. The molecule has 0 aromatic carbocycles. The summed E-state index contributed by atoms with van der Waals surface area (Å²) in [6.07, 6.45) is 3.29. The summed E-state index contributed by atoms with van der Waals surface area (Å²) in [5, 5.41) is 0. The lowest BCUT2D eigenvalue weighted by Gasteiger charge is -2.35. The van der Waals surface area contributed by atoms with Gasteiger partial charge in [-0.2, -0.15) is 0 Å². The summed E-state index contributed by atoms with van der Waals surface area (Å²) >= 11 is 0. The highest BCUT2D eigenvalue weighted by molar-refractivity contribution is 5.93. The lowest BCUT2D eigenvalue weighted by Crippen LogP contribution is -2.48. The first-order valence-corrected chi connectivity index (χ1v) is 7.24. The Balaban J connectivity index is 1.79. The second-order valence-electron chi connectivity index (χ2n) is 6.29. The molecule has 3 rings (SSSR count). The Hall–Kier alpha value is -1.29. The van der Waals surface area contributed by atoms with Crippen molar-refractivity contribution in [3.63, 3.8) is 0 Å². The van der Waals surface area contributed by atoms with Crippen LogP contribution >= 0.6 is 0 Å². The van der Waals surface area contributed by atoms with Crippen LogP contribution in [-0.4, -0.2) is 53.0 Å². The Bertz CT molecular complexity index is 479. The third kappa shape index (κ3) is 2.08. The zero-order valence-corrected chi connectivity index (χ0v) is 12.0. The van der Waals surface area contributed by atoms with Crippen LogP contribution in [0.5, 0.6) is 0 Å². The normalized spacial score (nSPS) is 26.9. The topological polar surface area (TPSA) is 28.5 Å². The van der Waals surface area contributed by atoms with Gasteiger partial charge in [-0.05, 0) is 31.0 Å². The molecule has 1 aromatic heterocycles. The third-order valence-electron chi connectivity index (χ3n) is 4.53. The van der Waals surface area contributed by atoms with Crippen LogP contribution in [0.15, 0.2) is 18.3 Å². The van der Waals surface area contributed by atoms with Crippen LogP contribution in [0.2, 0.25) is 0 Å². The van der Waals surface area contributed by atoms with E-state index in [0.717, 1.165) is 31.2 Å². The van der Waals surface area contributed by atoms with E-state index in [0.29, 0.717) is 12.1 Å². The molecular formula is C15H23N3O. The number of fused-ring (bicyclic) bond motifs is 3. The van der Waals surface area contributed by atoms with Gasteiger partial charge in [0.1, 0.15) is 5.69 Å². The fraction of sp³-hybridized carbons (Fsp3) is 0.667. The number of likely N-dealkylation sites (tertiary alicyclic amines) is 1. The molecule has 1 saturated heterocycles. The Labute approximate surface area is 115 Å².